The van der Waals surface area contributed by atoms with E-state index in [1.54, 1.807) is 19.2 Å². The van der Waals surface area contributed by atoms with Crippen molar-refractivity contribution >= 4 is 17.5 Å². The number of carbonyl (C=O) groups is 2. The second kappa shape index (κ2) is 10.7. The van der Waals surface area contributed by atoms with Crippen LogP contribution in [0.3, 0.4) is 0 Å². The SMILES string of the molecule is COCCCNC(=O)CNc1ccc(C(=O)NC2CCCCC2)cc1. The number of nitrogens with one attached hydrogen (secondary N) is 3. The van der Waals surface area contributed by atoms with Gasteiger partial charge in [-0.05, 0) is 43.5 Å². The first-order chi connectivity index (χ1) is 12.2. The predicted octanol–water partition coefficient (Wildman–Crippen LogP) is 2.31. The average molecular weight is 347 g/mol. The standard InChI is InChI=1S/C19H29N3O3/c1-25-13-5-12-20-18(23)14-21-16-10-8-15(9-11-16)19(24)22-17-6-3-2-4-7-17/h8-11,17,21H,2-7,12-14H2,1H3,(H,20,23)(H,22,24). The molecule has 0 radical (unpaired) electrons. The van der Waals surface area contributed by atoms with Crippen molar-refractivity contribution in [2.24, 2.45) is 0 Å². The maximum Gasteiger partial charge on any atom is 0.251 e. The summed E-state index contributed by atoms with van der Waals surface area (Å²) in [7, 11) is 1.64. The molecule has 1 saturated carbocycles. The number of anilines is 1. The van der Waals surface area contributed by atoms with E-state index in [2.05, 4.69) is 16.0 Å². The lowest BCUT2D eigenvalue weighted by molar-refractivity contribution is -0.119. The molecule has 0 unspecified atom stereocenters. The van der Waals surface area contributed by atoms with Crippen LogP contribution in [0.1, 0.15) is 48.9 Å². The Morgan fingerprint density at radius 1 is 1.12 bits per heavy atom. The van der Waals surface area contributed by atoms with Gasteiger partial charge in [-0.1, -0.05) is 19.3 Å². The van der Waals surface area contributed by atoms with Crippen molar-refractivity contribution in [3.05, 3.63) is 29.8 Å². The fourth-order valence-electron chi connectivity index (χ4n) is 2.94. The molecule has 2 rings (SSSR count). The maximum atomic E-state index is 12.3. The van der Waals surface area contributed by atoms with Gasteiger partial charge in [0.1, 0.15) is 0 Å². The first kappa shape index (κ1) is 19.2. The normalized spacial score (nSPS) is 14.8. The Labute approximate surface area is 149 Å². The smallest absolute Gasteiger partial charge is 0.251 e. The summed E-state index contributed by atoms with van der Waals surface area (Å²) >= 11 is 0. The lowest BCUT2D eigenvalue weighted by Crippen LogP contribution is -2.36. The summed E-state index contributed by atoms with van der Waals surface area (Å²) in [6.07, 6.45) is 6.61. The Morgan fingerprint density at radius 2 is 1.84 bits per heavy atom. The Morgan fingerprint density at radius 3 is 2.52 bits per heavy atom. The van der Waals surface area contributed by atoms with Gasteiger partial charge in [-0.15, -0.1) is 0 Å². The van der Waals surface area contributed by atoms with Gasteiger partial charge in [0, 0.05) is 37.6 Å². The molecule has 6 heteroatoms. The van der Waals surface area contributed by atoms with Crippen molar-refractivity contribution in [2.45, 2.75) is 44.6 Å². The molecule has 0 heterocycles. The zero-order chi connectivity index (χ0) is 17.9. The molecule has 0 atom stereocenters. The molecule has 2 amide bonds. The van der Waals surface area contributed by atoms with E-state index in [0.717, 1.165) is 24.9 Å². The van der Waals surface area contributed by atoms with Crippen LogP contribution in [-0.2, 0) is 9.53 Å². The maximum absolute atomic E-state index is 12.3. The minimum Gasteiger partial charge on any atom is -0.385 e. The van der Waals surface area contributed by atoms with Gasteiger partial charge < -0.3 is 20.7 Å². The van der Waals surface area contributed by atoms with Gasteiger partial charge in [0.15, 0.2) is 0 Å². The zero-order valence-corrected chi connectivity index (χ0v) is 15.0. The largest absolute Gasteiger partial charge is 0.385 e. The van der Waals surface area contributed by atoms with Crippen LogP contribution in [0.4, 0.5) is 5.69 Å². The van der Waals surface area contributed by atoms with Crippen LogP contribution >= 0.6 is 0 Å². The topological polar surface area (TPSA) is 79.5 Å². The van der Waals surface area contributed by atoms with E-state index < -0.39 is 0 Å². The van der Waals surface area contributed by atoms with Crippen molar-refractivity contribution in [2.75, 3.05) is 32.1 Å². The van der Waals surface area contributed by atoms with Gasteiger partial charge in [0.25, 0.3) is 5.91 Å². The Hall–Kier alpha value is -2.08. The second-order valence-electron chi connectivity index (χ2n) is 6.44. The zero-order valence-electron chi connectivity index (χ0n) is 15.0. The minimum absolute atomic E-state index is 0.0191. The fraction of sp³-hybridized carbons (Fsp3) is 0.579. The van der Waals surface area contributed by atoms with Gasteiger partial charge >= 0.3 is 0 Å². The molecular weight excluding hydrogens is 318 g/mol. The van der Waals surface area contributed by atoms with Gasteiger partial charge in [0.05, 0.1) is 6.54 Å². The molecule has 6 nitrogen and oxygen atoms in total. The van der Waals surface area contributed by atoms with Crippen molar-refractivity contribution in [3.8, 4) is 0 Å². The summed E-state index contributed by atoms with van der Waals surface area (Å²) in [4.78, 5) is 24.0. The second-order valence-corrected chi connectivity index (χ2v) is 6.44. The monoisotopic (exact) mass is 347 g/mol. The van der Waals surface area contributed by atoms with E-state index >= 15 is 0 Å². The molecule has 1 aromatic rings. The van der Waals surface area contributed by atoms with Gasteiger partial charge in [-0.25, -0.2) is 0 Å². The van der Waals surface area contributed by atoms with Gasteiger partial charge in [-0.2, -0.15) is 0 Å². The first-order valence-electron chi connectivity index (χ1n) is 9.09. The highest BCUT2D eigenvalue weighted by atomic mass is 16.5. The number of amides is 2. The van der Waals surface area contributed by atoms with Gasteiger partial charge in [-0.3, -0.25) is 9.59 Å². The molecule has 25 heavy (non-hydrogen) atoms. The molecule has 1 aliphatic carbocycles. The van der Waals surface area contributed by atoms with Crippen molar-refractivity contribution < 1.29 is 14.3 Å². The molecule has 0 bridgehead atoms. The third-order valence-corrected chi connectivity index (χ3v) is 4.39. The van der Waals surface area contributed by atoms with Crippen molar-refractivity contribution in [1.29, 1.82) is 0 Å². The van der Waals surface area contributed by atoms with Crippen LogP contribution in [0.15, 0.2) is 24.3 Å². The number of benzene rings is 1. The quantitative estimate of drug-likeness (QED) is 0.599. The molecule has 3 N–H and O–H groups in total. The van der Waals surface area contributed by atoms with E-state index in [4.69, 9.17) is 4.74 Å². The molecule has 0 spiro atoms. The van der Waals surface area contributed by atoms with Gasteiger partial charge in [0.2, 0.25) is 5.91 Å². The number of methoxy groups -OCH3 is 1. The molecule has 138 valence electrons. The van der Waals surface area contributed by atoms with E-state index in [-0.39, 0.29) is 18.4 Å². The lowest BCUT2D eigenvalue weighted by Gasteiger charge is -2.22. The van der Waals surface area contributed by atoms with E-state index in [9.17, 15) is 9.59 Å². The third kappa shape index (κ3) is 7.13. The van der Waals surface area contributed by atoms with E-state index in [1.807, 2.05) is 12.1 Å². The lowest BCUT2D eigenvalue weighted by atomic mass is 9.95. The van der Waals surface area contributed by atoms with Crippen LogP contribution in [0.2, 0.25) is 0 Å². The van der Waals surface area contributed by atoms with Crippen LogP contribution in [0.5, 0.6) is 0 Å². The van der Waals surface area contributed by atoms with Crippen molar-refractivity contribution in [3.63, 3.8) is 0 Å². The van der Waals surface area contributed by atoms with E-state index in [1.165, 1.54) is 19.3 Å². The average Bonchev–Trinajstić information content (AvgIpc) is 2.65. The highest BCUT2D eigenvalue weighted by Gasteiger charge is 2.16. The molecular formula is C19H29N3O3. The molecule has 0 saturated heterocycles. The van der Waals surface area contributed by atoms with E-state index in [0.29, 0.717) is 24.8 Å². The summed E-state index contributed by atoms with van der Waals surface area (Å²) in [6, 6.07) is 7.54. The Kier molecular flexibility index (Phi) is 8.25. The molecule has 1 aromatic carbocycles. The van der Waals surface area contributed by atoms with Crippen LogP contribution < -0.4 is 16.0 Å². The van der Waals surface area contributed by atoms with Crippen LogP contribution in [0.25, 0.3) is 0 Å². The first-order valence-corrected chi connectivity index (χ1v) is 9.09. The molecule has 1 fully saturated rings. The molecule has 1 aliphatic rings. The number of hydrogen-bond donors (Lipinski definition) is 3. The van der Waals surface area contributed by atoms with Crippen LogP contribution in [0, 0.1) is 0 Å². The summed E-state index contributed by atoms with van der Waals surface area (Å²) in [6.45, 7) is 1.45. The highest BCUT2D eigenvalue weighted by molar-refractivity contribution is 5.94. The number of ether oxygens (including phenoxy) is 1. The summed E-state index contributed by atoms with van der Waals surface area (Å²) in [5.74, 6) is -0.0791. The number of hydrogen-bond acceptors (Lipinski definition) is 4. The Balaban J connectivity index is 1.71. The van der Waals surface area contributed by atoms with Crippen LogP contribution in [-0.4, -0.2) is 44.7 Å². The third-order valence-electron chi connectivity index (χ3n) is 4.39. The summed E-state index contributed by atoms with van der Waals surface area (Å²) in [5.41, 5.74) is 1.47. The predicted molar refractivity (Wildman–Crippen MR) is 98.8 cm³/mol. The summed E-state index contributed by atoms with van der Waals surface area (Å²) < 4.78 is 4.93. The molecule has 0 aliphatic heterocycles. The van der Waals surface area contributed by atoms with Crippen molar-refractivity contribution in [1.82, 2.24) is 10.6 Å². The number of rotatable bonds is 9. The highest BCUT2D eigenvalue weighted by Crippen LogP contribution is 2.18. The Bertz CT molecular complexity index is 539. The molecule has 0 aromatic heterocycles. The number of carbonyl (C=O) groups excluding carboxylic acids is 2. The minimum atomic E-state index is -0.0600. The summed E-state index contributed by atoms with van der Waals surface area (Å²) in [5, 5.41) is 8.98. The fourth-order valence-corrected chi connectivity index (χ4v) is 2.94.